The molecule has 0 aliphatic heterocycles. The molecule has 0 bridgehead atoms. The van der Waals surface area contributed by atoms with Crippen LogP contribution in [0.25, 0.3) is 0 Å². The van der Waals surface area contributed by atoms with E-state index >= 15 is 0 Å². The predicted molar refractivity (Wildman–Crippen MR) is 29.5 cm³/mol. The number of rotatable bonds is 0. The third-order valence-corrected chi connectivity index (χ3v) is 0. The van der Waals surface area contributed by atoms with Gasteiger partial charge in [0, 0.05) is 0 Å². The molecule has 0 unspecified atom stereocenters. The average Bonchev–Trinajstić information content (AvgIpc) is 0. The Hall–Kier alpha value is 2.49. The molecule has 0 radical (unpaired) electrons. The molecule has 0 aromatic heterocycles. The molecule has 0 spiro atoms. The van der Waals surface area contributed by atoms with Crippen LogP contribution in [0, 0.1) is 0 Å². The van der Waals surface area contributed by atoms with Gasteiger partial charge in [-0.05, 0) is 0 Å². The van der Waals surface area contributed by atoms with E-state index in [9.17, 15) is 0 Å². The molecule has 22 valence electrons. The van der Waals surface area contributed by atoms with Crippen molar-refractivity contribution in [1.82, 2.24) is 0 Å². The Labute approximate surface area is 81.4 Å². The average molecular weight is 118 g/mol. The van der Waals surface area contributed by atoms with Crippen molar-refractivity contribution in [3.63, 3.8) is 0 Å². The zero-order chi connectivity index (χ0) is 0. The molecule has 0 saturated heterocycles. The van der Waals surface area contributed by atoms with E-state index in [1.165, 1.54) is 0 Å². The van der Waals surface area contributed by atoms with E-state index in [1.807, 2.05) is 0 Å². The fraction of sp³-hybridized carbons (Fsp3) is 0. The van der Waals surface area contributed by atoms with Crippen LogP contribution in [-0.4, -0.2) is 78.2 Å². The molecule has 0 aromatic carbocycles. The minimum atomic E-state index is 0. The maximum Gasteiger partial charge on any atom is 0.316 e. The van der Waals surface area contributed by atoms with Crippen molar-refractivity contribution in [3.8, 4) is 0 Å². The molecule has 4 heavy (non-hydrogen) atoms. The van der Waals surface area contributed by atoms with Gasteiger partial charge in [0.25, 0.3) is 0 Å². The SMILES string of the molecule is F.[AlH3].[CaH2].[MgH2]. The van der Waals surface area contributed by atoms with Crippen LogP contribution in [-0.2, 0) is 0 Å². The quantitative estimate of drug-likeness (QED) is 0.300. The smallest absolute Gasteiger partial charge is 0.316 e. The van der Waals surface area contributed by atoms with Gasteiger partial charge in [-0.2, -0.15) is 0 Å². The Kier molecular flexibility index (Phi) is 141. The fourth-order valence-electron chi connectivity index (χ4n) is 0. The maximum atomic E-state index is 0. The number of hydrogen-bond acceptors (Lipinski definition) is 0. The van der Waals surface area contributed by atoms with Crippen LogP contribution < -0.4 is 0 Å². The van der Waals surface area contributed by atoms with Crippen LogP contribution in [0.5, 0.6) is 0 Å². The van der Waals surface area contributed by atoms with Crippen LogP contribution >= 0.6 is 0 Å². The summed E-state index contributed by atoms with van der Waals surface area (Å²) in [6.45, 7) is 0. The Morgan fingerprint density at radius 3 is 1.00 bits per heavy atom. The van der Waals surface area contributed by atoms with Crippen LogP contribution in [0.15, 0.2) is 0 Å². The topological polar surface area (TPSA) is 0 Å². The van der Waals surface area contributed by atoms with Crippen LogP contribution in [0.2, 0.25) is 0 Å². The van der Waals surface area contributed by atoms with E-state index in [1.54, 1.807) is 0 Å². The van der Waals surface area contributed by atoms with Crippen LogP contribution in [0.1, 0.15) is 0 Å². The molecule has 0 fully saturated rings. The Morgan fingerprint density at radius 1 is 1.00 bits per heavy atom. The third-order valence-electron chi connectivity index (χ3n) is 0. The molecule has 0 nitrogen and oxygen atoms in total. The summed E-state index contributed by atoms with van der Waals surface area (Å²) in [6.07, 6.45) is 0. The second kappa shape index (κ2) is 17.9. The zero-order valence-electron chi connectivity index (χ0n) is 0.408. The van der Waals surface area contributed by atoms with E-state index in [2.05, 4.69) is 0 Å². The molecule has 4 heteroatoms. The van der Waals surface area contributed by atoms with Crippen molar-refractivity contribution in [1.29, 1.82) is 0 Å². The summed E-state index contributed by atoms with van der Waals surface area (Å²) < 4.78 is 0. The van der Waals surface area contributed by atoms with Gasteiger partial charge < -0.3 is 0 Å². The zero-order valence-corrected chi connectivity index (χ0v) is 0.408. The molecule has 0 saturated carbocycles. The third kappa shape index (κ3) is 8.82. The Balaban J connectivity index is 0. The Morgan fingerprint density at radius 2 is 1.00 bits per heavy atom. The summed E-state index contributed by atoms with van der Waals surface area (Å²) in [5, 5.41) is 0. The number of hydrogen-bond donors (Lipinski definition) is 0. The first-order valence-electron chi connectivity index (χ1n) is 0. The molecule has 0 aromatic rings. The molecule has 0 N–H and O–H groups in total. The molecule has 0 amide bonds. The van der Waals surface area contributed by atoms with Crippen LogP contribution in [0.4, 0.5) is 4.70 Å². The second-order valence-electron chi connectivity index (χ2n) is 0. The van der Waals surface area contributed by atoms with Gasteiger partial charge in [0.05, 0.1) is 0 Å². The maximum absolute atomic E-state index is 0. The second-order valence-corrected chi connectivity index (χ2v) is 0. The molecular weight excluding hydrogens is 110 g/mol. The van der Waals surface area contributed by atoms with E-state index in [-0.39, 0.29) is 82.9 Å². The van der Waals surface area contributed by atoms with Crippen molar-refractivity contribution in [3.05, 3.63) is 0 Å². The van der Waals surface area contributed by atoms with E-state index in [4.69, 9.17) is 0 Å². The molecule has 0 heterocycles. The summed E-state index contributed by atoms with van der Waals surface area (Å²) in [7, 11) is 0. The van der Waals surface area contributed by atoms with Crippen molar-refractivity contribution >= 4 is 78.2 Å². The monoisotopic (exact) mass is 118 g/mol. The van der Waals surface area contributed by atoms with Crippen molar-refractivity contribution in [2.24, 2.45) is 0 Å². The van der Waals surface area contributed by atoms with Gasteiger partial charge >= 0.3 is 60.8 Å². The predicted octanol–water partition coefficient (Wildman–Crippen LogP) is -2.86. The van der Waals surface area contributed by atoms with Gasteiger partial charge in [-0.15, -0.1) is 0 Å². The largest absolute Gasteiger partial charge is 0.316 e. The van der Waals surface area contributed by atoms with Gasteiger partial charge in [0.1, 0.15) is 0 Å². The van der Waals surface area contributed by atoms with E-state index in [0.717, 1.165) is 0 Å². The molecule has 0 atom stereocenters. The fourth-order valence-corrected chi connectivity index (χ4v) is 0. The van der Waals surface area contributed by atoms with Crippen LogP contribution in [0.3, 0.4) is 0 Å². The first-order valence-corrected chi connectivity index (χ1v) is 0. The van der Waals surface area contributed by atoms with Crippen molar-refractivity contribution in [2.45, 2.75) is 0 Å². The van der Waals surface area contributed by atoms with Gasteiger partial charge in [0.15, 0.2) is 17.4 Å². The molecule has 0 aliphatic rings. The number of halogens is 1. The summed E-state index contributed by atoms with van der Waals surface area (Å²) in [5.41, 5.74) is 0. The van der Waals surface area contributed by atoms with Gasteiger partial charge in [-0.3, -0.25) is 4.70 Å². The van der Waals surface area contributed by atoms with Crippen molar-refractivity contribution < 1.29 is 4.70 Å². The van der Waals surface area contributed by atoms with E-state index < -0.39 is 0 Å². The summed E-state index contributed by atoms with van der Waals surface area (Å²) in [6, 6.07) is 0. The first-order chi connectivity index (χ1) is 0. The first kappa shape index (κ1) is 31.6. The summed E-state index contributed by atoms with van der Waals surface area (Å²) in [5.74, 6) is 0. The minimum absolute atomic E-state index is 0. The summed E-state index contributed by atoms with van der Waals surface area (Å²) >= 11 is 0. The molecule has 0 aliphatic carbocycles. The minimum Gasteiger partial charge on any atom is 0.316 e. The molecular formula is H8AlCaFMg. The normalized spacial score (nSPS) is 0. The summed E-state index contributed by atoms with van der Waals surface area (Å²) in [4.78, 5) is 0. The Bertz CT molecular complexity index is 8.00. The molecule has 0 rings (SSSR count). The van der Waals surface area contributed by atoms with Gasteiger partial charge in [-0.1, -0.05) is 0 Å². The van der Waals surface area contributed by atoms with Gasteiger partial charge in [-0.25, -0.2) is 0 Å². The van der Waals surface area contributed by atoms with Crippen molar-refractivity contribution in [2.75, 3.05) is 0 Å². The van der Waals surface area contributed by atoms with Gasteiger partial charge in [0.2, 0.25) is 0 Å². The standard InChI is InChI=1S/Al.Ca.FH.Mg.7H/h;;1H;;;;;;;;. The van der Waals surface area contributed by atoms with E-state index in [0.29, 0.717) is 0 Å².